The number of nitrogens with one attached hydrogen (secondary N) is 1. The van der Waals surface area contributed by atoms with Crippen molar-refractivity contribution < 1.29 is 47.6 Å². The molecule has 1 fully saturated rings. The van der Waals surface area contributed by atoms with Crippen LogP contribution in [-0.2, 0) is 29.6 Å². The van der Waals surface area contributed by atoms with Gasteiger partial charge in [0.25, 0.3) is 12.1 Å². The minimum absolute atomic E-state index is 0.0151. The second-order valence-corrected chi connectivity index (χ2v) is 8.39. The summed E-state index contributed by atoms with van der Waals surface area (Å²) in [6.07, 6.45) is 0.215. The van der Waals surface area contributed by atoms with Gasteiger partial charge in [0.2, 0.25) is 0 Å². The molecular weight excluding hydrogens is 449 g/mol. The van der Waals surface area contributed by atoms with Gasteiger partial charge in [0.05, 0.1) is 12.9 Å². The SMILES string of the molecule is NC(=O)c1ccc[n+]([C@@H]2O[C@H](COP(=O)(O)OC(=O)[C@@H](N)Cc3cnc[nH]3)[C@@H](O)[C@H]2O)c1. The lowest BCUT2D eigenvalue weighted by Crippen LogP contribution is -2.46. The molecule has 1 saturated heterocycles. The first-order chi connectivity index (χ1) is 15.1. The van der Waals surface area contributed by atoms with Gasteiger partial charge in [-0.2, -0.15) is 4.57 Å². The maximum absolute atomic E-state index is 12.1. The van der Waals surface area contributed by atoms with E-state index in [0.717, 1.165) is 0 Å². The van der Waals surface area contributed by atoms with Crippen LogP contribution in [0.4, 0.5) is 0 Å². The first-order valence-electron chi connectivity index (χ1n) is 9.33. The molecule has 3 heterocycles. The van der Waals surface area contributed by atoms with Crippen LogP contribution >= 0.6 is 7.82 Å². The average Bonchev–Trinajstić information content (AvgIpc) is 3.35. The normalized spacial score (nSPS) is 25.8. The number of aliphatic hydroxyl groups excluding tert-OH is 2. The van der Waals surface area contributed by atoms with E-state index in [4.69, 9.17) is 20.7 Å². The van der Waals surface area contributed by atoms with Gasteiger partial charge in [-0.15, -0.1) is 0 Å². The maximum atomic E-state index is 12.1. The van der Waals surface area contributed by atoms with E-state index in [1.54, 1.807) is 0 Å². The Morgan fingerprint density at radius 3 is 2.78 bits per heavy atom. The number of hydrogen-bond acceptors (Lipinski definition) is 10. The van der Waals surface area contributed by atoms with Gasteiger partial charge in [0.1, 0.15) is 23.8 Å². The fourth-order valence-electron chi connectivity index (χ4n) is 3.00. The number of aromatic nitrogens is 3. The molecule has 1 aliphatic heterocycles. The highest BCUT2D eigenvalue weighted by atomic mass is 31.2. The number of hydrogen-bond donors (Lipinski definition) is 6. The number of nitrogens with two attached hydrogens (primary N) is 2. The summed E-state index contributed by atoms with van der Waals surface area (Å²) < 4.78 is 28.1. The molecule has 3 rings (SSSR count). The number of carbonyl (C=O) groups is 2. The van der Waals surface area contributed by atoms with Crippen LogP contribution in [0.1, 0.15) is 22.3 Å². The quantitative estimate of drug-likeness (QED) is 0.167. The summed E-state index contributed by atoms with van der Waals surface area (Å²) in [5.41, 5.74) is 11.5. The predicted molar refractivity (Wildman–Crippen MR) is 103 cm³/mol. The number of primary amides is 1. The fourth-order valence-corrected chi connectivity index (χ4v) is 3.75. The van der Waals surface area contributed by atoms with Crippen LogP contribution in [0.15, 0.2) is 37.1 Å². The predicted octanol–water partition coefficient (Wildman–Crippen LogP) is -2.35. The largest absolute Gasteiger partial charge is 0.529 e. The van der Waals surface area contributed by atoms with E-state index in [1.165, 1.54) is 41.6 Å². The molecule has 15 heteroatoms. The molecule has 1 unspecified atom stereocenters. The average molecular weight is 472 g/mol. The van der Waals surface area contributed by atoms with Crippen molar-refractivity contribution in [3.05, 3.63) is 48.3 Å². The highest BCUT2D eigenvalue weighted by molar-refractivity contribution is 7.48. The third kappa shape index (κ3) is 5.75. The van der Waals surface area contributed by atoms with E-state index >= 15 is 0 Å². The first-order valence-corrected chi connectivity index (χ1v) is 10.8. The van der Waals surface area contributed by atoms with Crippen molar-refractivity contribution in [3.63, 3.8) is 0 Å². The van der Waals surface area contributed by atoms with E-state index in [1.807, 2.05) is 0 Å². The summed E-state index contributed by atoms with van der Waals surface area (Å²) in [4.78, 5) is 39.6. The third-order valence-corrected chi connectivity index (χ3v) is 5.53. The lowest BCUT2D eigenvalue weighted by molar-refractivity contribution is -0.765. The van der Waals surface area contributed by atoms with Gasteiger partial charge in [-0.25, -0.2) is 14.3 Å². The van der Waals surface area contributed by atoms with Crippen molar-refractivity contribution in [1.82, 2.24) is 9.97 Å². The zero-order valence-electron chi connectivity index (χ0n) is 16.6. The number of imidazole rings is 1. The second-order valence-electron chi connectivity index (χ2n) is 7.01. The van der Waals surface area contributed by atoms with Gasteiger partial charge in [0, 0.05) is 24.4 Å². The molecule has 0 saturated carbocycles. The Balaban J connectivity index is 1.57. The molecule has 2 aromatic heterocycles. The molecule has 32 heavy (non-hydrogen) atoms. The van der Waals surface area contributed by atoms with E-state index in [-0.39, 0.29) is 12.0 Å². The zero-order valence-corrected chi connectivity index (χ0v) is 17.4. The third-order valence-electron chi connectivity index (χ3n) is 4.64. The van der Waals surface area contributed by atoms with Crippen molar-refractivity contribution in [3.8, 4) is 0 Å². The molecule has 1 aliphatic rings. The van der Waals surface area contributed by atoms with Gasteiger partial charge in [-0.05, 0) is 6.07 Å². The topological polar surface area (TPSA) is 224 Å². The molecule has 174 valence electrons. The van der Waals surface area contributed by atoms with Gasteiger partial charge in [-0.1, -0.05) is 0 Å². The van der Waals surface area contributed by atoms with Gasteiger partial charge < -0.3 is 35.9 Å². The van der Waals surface area contributed by atoms with E-state index in [9.17, 15) is 29.3 Å². The standard InChI is InChI=1S/C17H22N5O9P/c18-11(4-10-5-20-8-21-10)17(26)31-32(27,28)29-7-12-13(23)14(24)16(30-12)22-3-1-2-9(6-22)15(19)25/h1-3,5-6,8,11-14,16,23-24H,4,7,18H2,(H3-,19,20,21,25,27,28)/p+1/t11-,12+,13+,14+,16+/m0/s1. The number of rotatable bonds is 9. The van der Waals surface area contributed by atoms with Crippen LogP contribution in [0.25, 0.3) is 0 Å². The smallest absolute Gasteiger partial charge is 0.387 e. The summed E-state index contributed by atoms with van der Waals surface area (Å²) in [5, 5.41) is 20.5. The van der Waals surface area contributed by atoms with Crippen molar-refractivity contribution in [1.29, 1.82) is 0 Å². The second kappa shape index (κ2) is 9.83. The van der Waals surface area contributed by atoms with Crippen molar-refractivity contribution >= 4 is 19.7 Å². The molecule has 0 radical (unpaired) electrons. The zero-order chi connectivity index (χ0) is 23.5. The first kappa shape index (κ1) is 23.9. The number of nitrogens with zero attached hydrogens (tertiary/aromatic N) is 2. The monoisotopic (exact) mass is 472 g/mol. The number of phosphoric acid groups is 1. The van der Waals surface area contributed by atoms with Crippen LogP contribution < -0.4 is 16.0 Å². The number of aliphatic hydroxyl groups is 2. The molecule has 0 spiro atoms. The molecule has 1 amide bonds. The molecule has 14 nitrogen and oxygen atoms in total. The summed E-state index contributed by atoms with van der Waals surface area (Å²) in [6, 6.07) is 1.68. The lowest BCUT2D eigenvalue weighted by Gasteiger charge is -2.17. The van der Waals surface area contributed by atoms with Gasteiger partial charge in [-0.3, -0.25) is 14.2 Å². The van der Waals surface area contributed by atoms with Crippen LogP contribution in [0.3, 0.4) is 0 Å². The Bertz CT molecular complexity index is 1000. The molecule has 8 N–H and O–H groups in total. The Labute approximate surface area is 181 Å². The number of aromatic amines is 1. The highest BCUT2D eigenvalue weighted by Crippen LogP contribution is 2.44. The van der Waals surface area contributed by atoms with Crippen LogP contribution in [0, 0.1) is 0 Å². The van der Waals surface area contributed by atoms with Crippen LogP contribution in [-0.4, -0.2) is 67.9 Å². The Morgan fingerprint density at radius 1 is 1.38 bits per heavy atom. The van der Waals surface area contributed by atoms with E-state index < -0.39 is 56.9 Å². The molecule has 2 aromatic rings. The van der Waals surface area contributed by atoms with Crippen molar-refractivity contribution in [2.24, 2.45) is 11.5 Å². The Morgan fingerprint density at radius 2 is 2.12 bits per heavy atom. The van der Waals surface area contributed by atoms with Gasteiger partial charge >= 0.3 is 13.8 Å². The number of ether oxygens (including phenoxy) is 1. The van der Waals surface area contributed by atoms with E-state index in [0.29, 0.717) is 5.69 Å². The molecule has 6 atom stereocenters. The summed E-state index contributed by atoms with van der Waals surface area (Å²) in [5.74, 6) is -1.89. The molecule has 0 aromatic carbocycles. The fraction of sp³-hybridized carbons (Fsp3) is 0.412. The summed E-state index contributed by atoms with van der Waals surface area (Å²) in [6.45, 7) is -0.693. The minimum Gasteiger partial charge on any atom is -0.387 e. The summed E-state index contributed by atoms with van der Waals surface area (Å²) in [7, 11) is -4.90. The number of amides is 1. The van der Waals surface area contributed by atoms with Crippen molar-refractivity contribution in [2.45, 2.75) is 37.0 Å². The number of H-pyrrole nitrogens is 1. The maximum Gasteiger partial charge on any atom is 0.529 e. The number of carbonyl (C=O) groups excluding carboxylic acids is 2. The van der Waals surface area contributed by atoms with E-state index in [2.05, 4.69) is 14.5 Å². The van der Waals surface area contributed by atoms with Crippen molar-refractivity contribution in [2.75, 3.05) is 6.61 Å². The Kier molecular flexibility index (Phi) is 7.36. The summed E-state index contributed by atoms with van der Waals surface area (Å²) >= 11 is 0. The molecule has 0 aliphatic carbocycles. The number of pyridine rings is 1. The minimum atomic E-state index is -4.90. The van der Waals surface area contributed by atoms with Gasteiger partial charge in [0.15, 0.2) is 18.5 Å². The Hall–Kier alpha value is -2.71. The number of phosphoric ester groups is 1. The molecular formula is C17H23N5O9P+. The molecule has 0 bridgehead atoms. The van der Waals surface area contributed by atoms with Crippen LogP contribution in [0.2, 0.25) is 0 Å². The highest BCUT2D eigenvalue weighted by Gasteiger charge is 2.49. The lowest BCUT2D eigenvalue weighted by atomic mass is 10.1. The van der Waals surface area contributed by atoms with Crippen LogP contribution in [0.5, 0.6) is 0 Å².